The Morgan fingerprint density at radius 3 is 2.23 bits per heavy atom. The molecule has 0 amide bonds. The Morgan fingerprint density at radius 2 is 2.00 bits per heavy atom. The zero-order valence-corrected chi connectivity index (χ0v) is 10.2. The first-order valence-electron chi connectivity index (χ1n) is 3.83. The lowest BCUT2D eigenvalue weighted by molar-refractivity contribution is -0.137. The first kappa shape index (κ1) is 12.4. The van der Waals surface area contributed by atoms with Gasteiger partial charge in [-0.15, -0.1) is 0 Å². The van der Waals surface area contributed by atoms with Gasteiger partial charge < -0.3 is 4.74 Å². The van der Waals surface area contributed by atoms with Crippen molar-refractivity contribution in [1.82, 2.24) is 0 Å². The van der Waals surface area contributed by atoms with Gasteiger partial charge in [0.25, 0.3) is 0 Å². The lowest BCUT2D eigenvalue weighted by Gasteiger charge is -1.89. The Balaban J connectivity index is 0.000000252. The van der Waals surface area contributed by atoms with E-state index in [1.165, 1.54) is 23.2 Å². The lowest BCUT2D eigenvalue weighted by Crippen LogP contribution is -1.88. The lowest BCUT2D eigenvalue weighted by atomic mass is 10.2. The highest BCUT2D eigenvalue weighted by atomic mass is 127. The third kappa shape index (κ3) is 7.77. The fourth-order valence-corrected chi connectivity index (χ4v) is 1.30. The molecule has 0 radical (unpaired) electrons. The number of hydrogen-bond acceptors (Lipinski definition) is 2. The van der Waals surface area contributed by atoms with Crippen LogP contribution in [0.2, 0.25) is 0 Å². The second-order valence-corrected chi connectivity index (χ2v) is 3.74. The van der Waals surface area contributed by atoms with Gasteiger partial charge in [-0.25, -0.2) is 0 Å². The van der Waals surface area contributed by atoms with Crippen molar-refractivity contribution >= 4 is 28.6 Å². The number of carbonyl (C=O) groups is 1. The topological polar surface area (TPSA) is 26.3 Å². The van der Waals surface area contributed by atoms with Gasteiger partial charge in [0.15, 0.2) is 0 Å². The van der Waals surface area contributed by atoms with Crippen molar-refractivity contribution in [2.45, 2.75) is 13.8 Å². The summed E-state index contributed by atoms with van der Waals surface area (Å²) in [6, 6.07) is 8.41. The fourth-order valence-electron chi connectivity index (χ4n) is 0.606. The van der Waals surface area contributed by atoms with Crippen LogP contribution in [0.4, 0.5) is 0 Å². The molecule has 0 atom stereocenters. The van der Waals surface area contributed by atoms with Gasteiger partial charge in [-0.2, -0.15) is 0 Å². The molecule has 0 N–H and O–H groups in total. The van der Waals surface area contributed by atoms with E-state index in [4.69, 9.17) is 0 Å². The van der Waals surface area contributed by atoms with Crippen LogP contribution < -0.4 is 0 Å². The third-order valence-corrected chi connectivity index (χ3v) is 1.94. The summed E-state index contributed by atoms with van der Waals surface area (Å²) in [4.78, 5) is 9.59. The van der Waals surface area contributed by atoms with E-state index in [9.17, 15) is 4.79 Å². The van der Waals surface area contributed by atoms with Gasteiger partial charge >= 0.3 is 5.97 Å². The maximum atomic E-state index is 9.59. The summed E-state index contributed by atoms with van der Waals surface area (Å²) in [6.07, 6.45) is 0. The molecule has 0 spiro atoms. The predicted molar refractivity (Wildman–Crippen MR) is 61.6 cm³/mol. The number of esters is 1. The standard InChI is InChI=1S/C7H7I.C3H6O2/c1-6-3-2-4-7(8)5-6;1-3(4)5-2/h2-5H,1H3;1-2H3. The van der Waals surface area contributed by atoms with Crippen LogP contribution in [0.3, 0.4) is 0 Å². The van der Waals surface area contributed by atoms with Crippen molar-refractivity contribution in [1.29, 1.82) is 0 Å². The van der Waals surface area contributed by atoms with Crippen LogP contribution >= 0.6 is 22.6 Å². The molecule has 0 fully saturated rings. The Morgan fingerprint density at radius 1 is 1.46 bits per heavy atom. The monoisotopic (exact) mass is 292 g/mol. The Labute approximate surface area is 92.4 Å². The Hall–Kier alpha value is -0.580. The molecule has 1 aromatic rings. The smallest absolute Gasteiger partial charge is 0.302 e. The van der Waals surface area contributed by atoms with Gasteiger partial charge in [0.05, 0.1) is 7.11 Å². The zero-order valence-electron chi connectivity index (χ0n) is 8.00. The van der Waals surface area contributed by atoms with Crippen molar-refractivity contribution in [2.75, 3.05) is 7.11 Å². The van der Waals surface area contributed by atoms with E-state index < -0.39 is 0 Å². The van der Waals surface area contributed by atoms with E-state index in [0.717, 1.165) is 0 Å². The minimum Gasteiger partial charge on any atom is -0.469 e. The van der Waals surface area contributed by atoms with Gasteiger partial charge in [-0.05, 0) is 41.6 Å². The summed E-state index contributed by atoms with van der Waals surface area (Å²) in [5, 5.41) is 0. The van der Waals surface area contributed by atoms with E-state index in [1.807, 2.05) is 0 Å². The number of halogens is 1. The third-order valence-electron chi connectivity index (χ3n) is 1.27. The molecule has 0 saturated heterocycles. The van der Waals surface area contributed by atoms with E-state index in [-0.39, 0.29) is 5.97 Å². The molecule has 1 rings (SSSR count). The SMILES string of the molecule is COC(C)=O.Cc1cccc(I)c1. The molecule has 72 valence electrons. The van der Waals surface area contributed by atoms with Crippen LogP contribution in [0, 0.1) is 10.5 Å². The maximum Gasteiger partial charge on any atom is 0.302 e. The molecular weight excluding hydrogens is 279 g/mol. The summed E-state index contributed by atoms with van der Waals surface area (Å²) in [5.74, 6) is -0.245. The second kappa shape index (κ2) is 6.88. The van der Waals surface area contributed by atoms with Gasteiger partial charge in [-0.1, -0.05) is 17.7 Å². The quantitative estimate of drug-likeness (QED) is 0.543. The molecule has 0 saturated carbocycles. The summed E-state index contributed by atoms with van der Waals surface area (Å²) < 4.78 is 5.42. The number of aryl methyl sites for hydroxylation is 1. The van der Waals surface area contributed by atoms with E-state index in [0.29, 0.717) is 0 Å². The molecule has 0 aliphatic carbocycles. The van der Waals surface area contributed by atoms with Crippen molar-refractivity contribution < 1.29 is 9.53 Å². The fraction of sp³-hybridized carbons (Fsp3) is 0.300. The predicted octanol–water partition coefficient (Wildman–Crippen LogP) is 2.78. The first-order valence-corrected chi connectivity index (χ1v) is 4.91. The number of hydrogen-bond donors (Lipinski definition) is 0. The average molecular weight is 292 g/mol. The number of rotatable bonds is 0. The van der Waals surface area contributed by atoms with Crippen molar-refractivity contribution in [3.63, 3.8) is 0 Å². The normalized spacial score (nSPS) is 8.31. The molecule has 0 bridgehead atoms. The van der Waals surface area contributed by atoms with Crippen LogP contribution in [-0.2, 0) is 9.53 Å². The van der Waals surface area contributed by atoms with E-state index in [2.05, 4.69) is 58.5 Å². The van der Waals surface area contributed by atoms with Crippen molar-refractivity contribution in [2.24, 2.45) is 0 Å². The molecule has 0 aliphatic heterocycles. The molecule has 0 heterocycles. The molecule has 2 nitrogen and oxygen atoms in total. The van der Waals surface area contributed by atoms with Crippen LogP contribution in [-0.4, -0.2) is 13.1 Å². The van der Waals surface area contributed by atoms with Crippen LogP contribution in [0.25, 0.3) is 0 Å². The summed E-state index contributed by atoms with van der Waals surface area (Å²) >= 11 is 2.31. The zero-order chi connectivity index (χ0) is 10.3. The molecular formula is C10H13IO2. The van der Waals surface area contributed by atoms with E-state index >= 15 is 0 Å². The molecule has 13 heavy (non-hydrogen) atoms. The van der Waals surface area contributed by atoms with Crippen molar-refractivity contribution in [3.8, 4) is 0 Å². The molecule has 0 aromatic heterocycles. The minimum atomic E-state index is -0.245. The number of carbonyl (C=O) groups excluding carboxylic acids is 1. The minimum absolute atomic E-state index is 0.245. The molecule has 0 aliphatic rings. The maximum absolute atomic E-state index is 9.59. The summed E-state index contributed by atoms with van der Waals surface area (Å²) in [7, 11) is 1.35. The second-order valence-electron chi connectivity index (χ2n) is 2.49. The average Bonchev–Trinajstić information content (AvgIpc) is 2.05. The molecule has 1 aromatic carbocycles. The Kier molecular flexibility index (Phi) is 6.58. The van der Waals surface area contributed by atoms with Crippen molar-refractivity contribution in [3.05, 3.63) is 33.4 Å². The summed E-state index contributed by atoms with van der Waals surface area (Å²) in [6.45, 7) is 3.46. The highest BCUT2D eigenvalue weighted by Crippen LogP contribution is 2.05. The van der Waals surface area contributed by atoms with Gasteiger partial charge in [-0.3, -0.25) is 4.79 Å². The highest BCUT2D eigenvalue weighted by Gasteiger charge is 1.82. The van der Waals surface area contributed by atoms with Crippen LogP contribution in [0.1, 0.15) is 12.5 Å². The molecule has 0 unspecified atom stereocenters. The van der Waals surface area contributed by atoms with Gasteiger partial charge in [0.1, 0.15) is 0 Å². The largest absolute Gasteiger partial charge is 0.469 e. The number of methoxy groups -OCH3 is 1. The van der Waals surface area contributed by atoms with Gasteiger partial charge in [0, 0.05) is 10.5 Å². The van der Waals surface area contributed by atoms with Gasteiger partial charge in [0.2, 0.25) is 0 Å². The van der Waals surface area contributed by atoms with Crippen LogP contribution in [0.5, 0.6) is 0 Å². The van der Waals surface area contributed by atoms with E-state index in [1.54, 1.807) is 0 Å². The summed E-state index contributed by atoms with van der Waals surface area (Å²) in [5.41, 5.74) is 1.33. The number of benzene rings is 1. The molecule has 3 heteroatoms. The Bertz CT molecular complexity index is 254. The number of ether oxygens (including phenoxy) is 1. The first-order chi connectivity index (χ1) is 6.06. The van der Waals surface area contributed by atoms with Crippen LogP contribution in [0.15, 0.2) is 24.3 Å². The highest BCUT2D eigenvalue weighted by molar-refractivity contribution is 14.1.